The first-order valence-electron chi connectivity index (χ1n) is 6.51. The summed E-state index contributed by atoms with van der Waals surface area (Å²) in [6, 6.07) is 0. The predicted molar refractivity (Wildman–Crippen MR) is 65.7 cm³/mol. The lowest BCUT2D eigenvalue weighted by Gasteiger charge is -2.09. The zero-order valence-electron chi connectivity index (χ0n) is 12.3. The summed E-state index contributed by atoms with van der Waals surface area (Å²) in [5, 5.41) is 0. The average Bonchev–Trinajstić information content (AvgIpc) is 2.61. The van der Waals surface area contributed by atoms with Crippen molar-refractivity contribution in [1.82, 2.24) is 0 Å². The number of carbonyl (C=O) groups is 2. The van der Waals surface area contributed by atoms with Gasteiger partial charge in [0.25, 0.3) is 0 Å². The van der Waals surface area contributed by atoms with Gasteiger partial charge in [0.15, 0.2) is 58.1 Å². The van der Waals surface area contributed by atoms with Gasteiger partial charge in [0.1, 0.15) is 0 Å². The molecule has 0 unspecified atom stereocenters. The lowest BCUT2D eigenvalue weighted by atomic mass is 9.99. The molecule has 0 saturated heterocycles. The number of halogens is 10. The number of hydrogen-bond acceptors (Lipinski definition) is 2. The van der Waals surface area contributed by atoms with Crippen molar-refractivity contribution in [1.29, 1.82) is 0 Å². The van der Waals surface area contributed by atoms with Crippen LogP contribution in [0, 0.1) is 58.2 Å². The summed E-state index contributed by atoms with van der Waals surface area (Å²) >= 11 is 0. The Balaban J connectivity index is 2.52. The van der Waals surface area contributed by atoms with E-state index in [1.54, 1.807) is 0 Å². The van der Waals surface area contributed by atoms with E-state index in [4.69, 9.17) is 0 Å². The molecule has 2 aromatic carbocycles. The summed E-state index contributed by atoms with van der Waals surface area (Å²) in [5.74, 6) is -30.2. The van der Waals surface area contributed by atoms with Gasteiger partial charge in [-0.15, -0.1) is 0 Å². The van der Waals surface area contributed by atoms with Crippen LogP contribution in [0.25, 0.3) is 0 Å². The number of benzene rings is 2. The maximum atomic E-state index is 13.5. The molecule has 0 amide bonds. The van der Waals surface area contributed by atoms with E-state index >= 15 is 0 Å². The predicted octanol–water partition coefficient (Wildman–Crippen LogP) is 4.53. The van der Waals surface area contributed by atoms with Crippen molar-refractivity contribution in [2.24, 2.45) is 0 Å². The highest BCUT2D eigenvalue weighted by atomic mass is 19.2. The van der Waals surface area contributed by atoms with E-state index in [0.717, 1.165) is 0 Å². The van der Waals surface area contributed by atoms with Crippen molar-refractivity contribution >= 4 is 11.6 Å². The van der Waals surface area contributed by atoms with E-state index in [2.05, 4.69) is 0 Å². The van der Waals surface area contributed by atoms with Gasteiger partial charge in [-0.05, 0) is 0 Å². The van der Waals surface area contributed by atoms with Gasteiger partial charge in [0.2, 0.25) is 11.6 Å². The Morgan fingerprint density at radius 1 is 0.407 bits per heavy atom. The van der Waals surface area contributed by atoms with Crippen LogP contribution in [0.15, 0.2) is 0 Å². The van der Waals surface area contributed by atoms with Crippen molar-refractivity contribution < 1.29 is 53.5 Å². The standard InChI is InChI=1S/C15H2F10O2/c16-6-4(7(17)11(21)14(24)10(6)20)2(26)1-3(27)5-8(18)12(22)15(25)13(23)9(5)19/h1H2. The molecule has 2 nitrogen and oxygen atoms in total. The Labute approximate surface area is 142 Å². The monoisotopic (exact) mass is 404 g/mol. The topological polar surface area (TPSA) is 34.1 Å². The van der Waals surface area contributed by atoms with Gasteiger partial charge in [-0.3, -0.25) is 9.59 Å². The molecule has 0 bridgehead atoms. The van der Waals surface area contributed by atoms with E-state index in [-0.39, 0.29) is 0 Å². The van der Waals surface area contributed by atoms with E-state index in [1.165, 1.54) is 0 Å². The zero-order valence-corrected chi connectivity index (χ0v) is 12.3. The summed E-state index contributed by atoms with van der Waals surface area (Å²) < 4.78 is 132. The Kier molecular flexibility index (Phi) is 5.29. The molecule has 0 atom stereocenters. The van der Waals surface area contributed by atoms with Crippen LogP contribution in [-0.4, -0.2) is 11.6 Å². The van der Waals surface area contributed by atoms with Crippen LogP contribution >= 0.6 is 0 Å². The van der Waals surface area contributed by atoms with Gasteiger partial charge < -0.3 is 0 Å². The van der Waals surface area contributed by atoms with Crippen LogP contribution in [0.2, 0.25) is 0 Å². The molecular weight excluding hydrogens is 402 g/mol. The SMILES string of the molecule is O=C(CC(=O)c1c(F)c(F)c(F)c(F)c1F)c1c(F)c(F)c(F)c(F)c1F. The highest BCUT2D eigenvalue weighted by molar-refractivity contribution is 6.13. The van der Waals surface area contributed by atoms with Crippen molar-refractivity contribution in [3.05, 3.63) is 69.3 Å². The smallest absolute Gasteiger partial charge is 0.200 e. The van der Waals surface area contributed by atoms with Crippen molar-refractivity contribution in [2.75, 3.05) is 0 Å². The maximum Gasteiger partial charge on any atom is 0.200 e. The largest absolute Gasteiger partial charge is 0.293 e. The molecule has 0 spiro atoms. The average molecular weight is 404 g/mol. The van der Waals surface area contributed by atoms with Crippen LogP contribution in [0.3, 0.4) is 0 Å². The van der Waals surface area contributed by atoms with Gasteiger partial charge in [-0.1, -0.05) is 0 Å². The molecule has 27 heavy (non-hydrogen) atoms. The lowest BCUT2D eigenvalue weighted by molar-refractivity contribution is 0.0882. The Morgan fingerprint density at radius 3 is 0.815 bits per heavy atom. The minimum Gasteiger partial charge on any atom is -0.293 e. The second-order valence-electron chi connectivity index (χ2n) is 4.91. The zero-order chi connectivity index (χ0) is 20.8. The third kappa shape index (κ3) is 3.15. The molecule has 0 heterocycles. The molecule has 2 aromatic rings. The number of carbonyl (C=O) groups excluding carboxylic acids is 2. The number of ketones is 2. The van der Waals surface area contributed by atoms with Gasteiger partial charge in [0.05, 0.1) is 17.5 Å². The van der Waals surface area contributed by atoms with Crippen molar-refractivity contribution in [3.8, 4) is 0 Å². The molecule has 0 fully saturated rings. The fraction of sp³-hybridized carbons (Fsp3) is 0.0667. The number of rotatable bonds is 4. The molecule has 0 aromatic heterocycles. The first-order valence-corrected chi connectivity index (χ1v) is 6.51. The second-order valence-corrected chi connectivity index (χ2v) is 4.91. The fourth-order valence-electron chi connectivity index (χ4n) is 2.02. The van der Waals surface area contributed by atoms with Crippen molar-refractivity contribution in [2.45, 2.75) is 6.42 Å². The summed E-state index contributed by atoms with van der Waals surface area (Å²) in [6.07, 6.45) is -1.95. The molecule has 144 valence electrons. The Hall–Kier alpha value is -2.92. The highest BCUT2D eigenvalue weighted by Crippen LogP contribution is 2.27. The quantitative estimate of drug-likeness (QED) is 0.247. The molecule has 0 aliphatic heterocycles. The highest BCUT2D eigenvalue weighted by Gasteiger charge is 2.34. The summed E-state index contributed by atoms with van der Waals surface area (Å²) in [7, 11) is 0. The number of hydrogen-bond donors (Lipinski definition) is 0. The molecule has 12 heteroatoms. The van der Waals surface area contributed by atoms with Crippen LogP contribution in [0.5, 0.6) is 0 Å². The van der Waals surface area contributed by atoms with E-state index in [9.17, 15) is 53.5 Å². The summed E-state index contributed by atoms with van der Waals surface area (Å²) in [4.78, 5) is 23.4. The van der Waals surface area contributed by atoms with Gasteiger partial charge in [-0.2, -0.15) is 0 Å². The fourth-order valence-corrected chi connectivity index (χ4v) is 2.02. The van der Waals surface area contributed by atoms with Crippen LogP contribution in [-0.2, 0) is 0 Å². The van der Waals surface area contributed by atoms with Gasteiger partial charge in [-0.25, -0.2) is 43.9 Å². The molecule has 0 radical (unpaired) electrons. The van der Waals surface area contributed by atoms with E-state index < -0.39 is 87.3 Å². The normalized spacial score (nSPS) is 11.0. The summed E-state index contributed by atoms with van der Waals surface area (Å²) in [6.45, 7) is 0. The molecule has 0 N–H and O–H groups in total. The van der Waals surface area contributed by atoms with Crippen molar-refractivity contribution in [3.63, 3.8) is 0 Å². The maximum absolute atomic E-state index is 13.5. The summed E-state index contributed by atoms with van der Waals surface area (Å²) in [5.41, 5.74) is -4.22. The minimum absolute atomic E-state index is 1.95. The van der Waals surface area contributed by atoms with Crippen LogP contribution < -0.4 is 0 Å². The van der Waals surface area contributed by atoms with Crippen LogP contribution in [0.4, 0.5) is 43.9 Å². The Bertz CT molecular complexity index is 862. The van der Waals surface area contributed by atoms with E-state index in [1.807, 2.05) is 0 Å². The van der Waals surface area contributed by atoms with Crippen LogP contribution in [0.1, 0.15) is 27.1 Å². The first-order chi connectivity index (χ1) is 12.4. The second kappa shape index (κ2) is 7.00. The van der Waals surface area contributed by atoms with Gasteiger partial charge in [0, 0.05) is 0 Å². The Morgan fingerprint density at radius 2 is 0.593 bits per heavy atom. The minimum atomic E-state index is -2.62. The first kappa shape index (κ1) is 20.4. The molecule has 2 rings (SSSR count). The number of Topliss-reactive ketones (excluding diaryl/α,β-unsaturated/α-hetero) is 2. The molecule has 0 aliphatic rings. The third-order valence-electron chi connectivity index (χ3n) is 3.30. The lowest BCUT2D eigenvalue weighted by Crippen LogP contribution is -2.19. The molecular formula is C15H2F10O2. The third-order valence-corrected chi connectivity index (χ3v) is 3.30. The molecule has 0 saturated carbocycles. The van der Waals surface area contributed by atoms with E-state index in [0.29, 0.717) is 0 Å². The van der Waals surface area contributed by atoms with Gasteiger partial charge >= 0.3 is 0 Å². The molecule has 0 aliphatic carbocycles.